The highest BCUT2D eigenvalue weighted by Crippen LogP contribution is 2.29. The third-order valence-corrected chi connectivity index (χ3v) is 5.05. The van der Waals surface area contributed by atoms with Crippen molar-refractivity contribution in [2.45, 2.75) is 33.0 Å². The van der Waals surface area contributed by atoms with Crippen LogP contribution in [-0.2, 0) is 11.8 Å². The zero-order valence-corrected chi connectivity index (χ0v) is 16.0. The van der Waals surface area contributed by atoms with Crippen molar-refractivity contribution in [2.75, 3.05) is 23.3 Å². The van der Waals surface area contributed by atoms with Gasteiger partial charge in [0, 0.05) is 55.0 Å². The van der Waals surface area contributed by atoms with E-state index in [9.17, 15) is 0 Å². The summed E-state index contributed by atoms with van der Waals surface area (Å²) in [6.07, 6.45) is 4.84. The molecule has 0 amide bonds. The number of ether oxygens (including phenoxy) is 1. The summed E-state index contributed by atoms with van der Waals surface area (Å²) in [5, 5.41) is 6.09. The van der Waals surface area contributed by atoms with E-state index >= 15 is 0 Å². The molecule has 0 spiro atoms. The summed E-state index contributed by atoms with van der Waals surface area (Å²) in [6.45, 7) is 8.35. The van der Waals surface area contributed by atoms with Crippen LogP contribution in [0.2, 0.25) is 0 Å². The predicted molar refractivity (Wildman–Crippen MR) is 110 cm³/mol. The van der Waals surface area contributed by atoms with Crippen LogP contribution in [-0.4, -0.2) is 29.9 Å². The SMILES string of the molecule is Cc1cc(N2CC(C)OC(C)C2)ccc1Nc1ccc2cn(C)cc2c1. The smallest absolute Gasteiger partial charge is 0.0726 e. The van der Waals surface area contributed by atoms with Crippen LogP contribution in [0.3, 0.4) is 0 Å². The van der Waals surface area contributed by atoms with E-state index in [4.69, 9.17) is 4.74 Å². The molecule has 0 saturated carbocycles. The van der Waals surface area contributed by atoms with Crippen molar-refractivity contribution in [2.24, 2.45) is 7.05 Å². The minimum atomic E-state index is 0.273. The number of fused-ring (bicyclic) bond motifs is 1. The monoisotopic (exact) mass is 349 g/mol. The second-order valence-corrected chi connectivity index (χ2v) is 7.55. The van der Waals surface area contributed by atoms with Gasteiger partial charge in [-0.1, -0.05) is 6.07 Å². The van der Waals surface area contributed by atoms with E-state index in [2.05, 4.69) is 91.4 Å². The fraction of sp³-hybridized carbons (Fsp3) is 0.364. The largest absolute Gasteiger partial charge is 0.372 e. The molecule has 0 aliphatic carbocycles. The summed E-state index contributed by atoms with van der Waals surface area (Å²) in [5.41, 5.74) is 4.79. The predicted octanol–water partition coefficient (Wildman–Crippen LogP) is 4.84. The van der Waals surface area contributed by atoms with Gasteiger partial charge in [0.15, 0.2) is 0 Å². The molecule has 136 valence electrons. The molecule has 2 aromatic carbocycles. The van der Waals surface area contributed by atoms with Crippen LogP contribution >= 0.6 is 0 Å². The Hall–Kier alpha value is -2.46. The van der Waals surface area contributed by atoms with Crippen LogP contribution in [0.4, 0.5) is 17.1 Å². The molecule has 0 bridgehead atoms. The highest BCUT2D eigenvalue weighted by Gasteiger charge is 2.22. The van der Waals surface area contributed by atoms with Gasteiger partial charge in [-0.25, -0.2) is 0 Å². The maximum Gasteiger partial charge on any atom is 0.0726 e. The molecular formula is C22H27N3O. The first-order chi connectivity index (χ1) is 12.5. The first-order valence-corrected chi connectivity index (χ1v) is 9.32. The number of nitrogens with zero attached hydrogens (tertiary/aromatic N) is 2. The fourth-order valence-electron chi connectivity index (χ4n) is 3.89. The van der Waals surface area contributed by atoms with Crippen molar-refractivity contribution in [3.05, 3.63) is 54.4 Å². The standard InChI is InChI=1S/C22H27N3O/c1-15-9-21(25-11-16(2)26-17(3)12-25)7-8-22(15)23-20-6-5-18-13-24(4)14-19(18)10-20/h5-10,13-14,16-17,23H,11-12H2,1-4H3. The number of hydrogen-bond donors (Lipinski definition) is 1. The van der Waals surface area contributed by atoms with Crippen LogP contribution in [0.1, 0.15) is 19.4 Å². The number of rotatable bonds is 3. The van der Waals surface area contributed by atoms with Crippen LogP contribution in [0.5, 0.6) is 0 Å². The molecule has 2 heterocycles. The average molecular weight is 349 g/mol. The molecule has 4 rings (SSSR count). The second-order valence-electron chi connectivity index (χ2n) is 7.55. The van der Waals surface area contributed by atoms with E-state index in [1.165, 1.54) is 22.0 Å². The van der Waals surface area contributed by atoms with Gasteiger partial charge in [-0.2, -0.15) is 0 Å². The van der Waals surface area contributed by atoms with Crippen LogP contribution in [0, 0.1) is 6.92 Å². The van der Waals surface area contributed by atoms with Gasteiger partial charge in [-0.05, 0) is 62.1 Å². The van der Waals surface area contributed by atoms with Gasteiger partial charge in [-0.15, -0.1) is 0 Å². The van der Waals surface area contributed by atoms with Crippen molar-refractivity contribution >= 4 is 27.8 Å². The number of benzene rings is 2. The molecule has 1 aliphatic rings. The number of aryl methyl sites for hydroxylation is 2. The molecule has 1 aliphatic heterocycles. The van der Waals surface area contributed by atoms with Crippen LogP contribution < -0.4 is 10.2 Å². The zero-order chi connectivity index (χ0) is 18.3. The van der Waals surface area contributed by atoms with Crippen LogP contribution in [0.15, 0.2) is 48.8 Å². The first-order valence-electron chi connectivity index (χ1n) is 9.32. The van der Waals surface area contributed by atoms with Gasteiger partial charge in [0.2, 0.25) is 0 Å². The van der Waals surface area contributed by atoms with Crippen LogP contribution in [0.25, 0.3) is 10.8 Å². The van der Waals surface area contributed by atoms with E-state index in [0.717, 1.165) is 24.5 Å². The quantitative estimate of drug-likeness (QED) is 0.733. The lowest BCUT2D eigenvalue weighted by atomic mass is 10.1. The summed E-state index contributed by atoms with van der Waals surface area (Å²) in [5.74, 6) is 0. The summed E-state index contributed by atoms with van der Waals surface area (Å²) in [4.78, 5) is 2.42. The lowest BCUT2D eigenvalue weighted by molar-refractivity contribution is -0.00521. The van der Waals surface area contributed by atoms with Crippen molar-refractivity contribution in [1.29, 1.82) is 0 Å². The Balaban J connectivity index is 1.55. The third-order valence-electron chi connectivity index (χ3n) is 5.05. The van der Waals surface area contributed by atoms with Gasteiger partial charge < -0.3 is 19.5 Å². The molecule has 0 radical (unpaired) electrons. The van der Waals surface area contributed by atoms with Gasteiger partial charge >= 0.3 is 0 Å². The molecule has 26 heavy (non-hydrogen) atoms. The number of morpholine rings is 1. The summed E-state index contributed by atoms with van der Waals surface area (Å²) in [7, 11) is 2.06. The van der Waals surface area contributed by atoms with E-state index in [1.54, 1.807) is 0 Å². The lowest BCUT2D eigenvalue weighted by Crippen LogP contribution is -2.45. The van der Waals surface area contributed by atoms with Gasteiger partial charge in [0.05, 0.1) is 12.2 Å². The Kier molecular flexibility index (Phi) is 4.37. The Morgan fingerprint density at radius 2 is 1.69 bits per heavy atom. The van der Waals surface area contributed by atoms with Crippen molar-refractivity contribution in [3.8, 4) is 0 Å². The van der Waals surface area contributed by atoms with E-state index in [1.807, 2.05) is 0 Å². The molecule has 2 atom stereocenters. The van der Waals surface area contributed by atoms with E-state index < -0.39 is 0 Å². The zero-order valence-electron chi connectivity index (χ0n) is 16.0. The first kappa shape index (κ1) is 17.0. The Bertz CT molecular complexity index is 920. The molecule has 1 saturated heterocycles. The number of anilines is 3. The summed E-state index contributed by atoms with van der Waals surface area (Å²) >= 11 is 0. The third kappa shape index (κ3) is 3.42. The molecule has 1 N–H and O–H groups in total. The normalized spacial score (nSPS) is 20.5. The molecule has 4 nitrogen and oxygen atoms in total. The lowest BCUT2D eigenvalue weighted by Gasteiger charge is -2.37. The van der Waals surface area contributed by atoms with Gasteiger partial charge in [0.1, 0.15) is 0 Å². The molecule has 1 aromatic heterocycles. The highest BCUT2D eigenvalue weighted by atomic mass is 16.5. The molecule has 1 fully saturated rings. The molecule has 3 aromatic rings. The van der Waals surface area contributed by atoms with E-state index in [-0.39, 0.29) is 12.2 Å². The van der Waals surface area contributed by atoms with Crippen molar-refractivity contribution in [1.82, 2.24) is 4.57 Å². The topological polar surface area (TPSA) is 29.4 Å². The van der Waals surface area contributed by atoms with Crippen molar-refractivity contribution in [3.63, 3.8) is 0 Å². The maximum atomic E-state index is 5.85. The summed E-state index contributed by atoms with van der Waals surface area (Å²) in [6, 6.07) is 13.2. The minimum absolute atomic E-state index is 0.273. The van der Waals surface area contributed by atoms with E-state index in [0.29, 0.717) is 0 Å². The number of nitrogens with one attached hydrogen (secondary N) is 1. The second kappa shape index (κ2) is 6.69. The number of hydrogen-bond acceptors (Lipinski definition) is 3. The minimum Gasteiger partial charge on any atom is -0.372 e. The molecule has 2 unspecified atom stereocenters. The Labute approximate surface area is 155 Å². The van der Waals surface area contributed by atoms with Gasteiger partial charge in [-0.3, -0.25) is 0 Å². The maximum absolute atomic E-state index is 5.85. The highest BCUT2D eigenvalue weighted by molar-refractivity contribution is 5.86. The summed E-state index contributed by atoms with van der Waals surface area (Å²) < 4.78 is 7.95. The molecular weight excluding hydrogens is 322 g/mol. The van der Waals surface area contributed by atoms with Gasteiger partial charge in [0.25, 0.3) is 0 Å². The van der Waals surface area contributed by atoms with Crippen molar-refractivity contribution < 1.29 is 4.74 Å². The Morgan fingerprint density at radius 1 is 0.962 bits per heavy atom. The fourth-order valence-corrected chi connectivity index (χ4v) is 3.89. The number of aromatic nitrogens is 1. The Morgan fingerprint density at radius 3 is 2.42 bits per heavy atom. The average Bonchev–Trinajstić information content (AvgIpc) is 2.95. The molecule has 4 heteroatoms.